The van der Waals surface area contributed by atoms with Crippen LogP contribution in [0.5, 0.6) is 0 Å². The zero-order valence-electron chi connectivity index (χ0n) is 14.7. The lowest BCUT2D eigenvalue weighted by Gasteiger charge is -2.06. The Bertz CT molecular complexity index is 991. The molecule has 0 aliphatic carbocycles. The van der Waals surface area contributed by atoms with Crippen LogP contribution in [0.15, 0.2) is 72.9 Å². The average Bonchev–Trinajstić information content (AvgIpc) is 3.13. The number of hydrogen-bond acceptors (Lipinski definition) is 4. The molecule has 4 aromatic rings. The molecule has 0 atom stereocenters. The van der Waals surface area contributed by atoms with Crippen LogP contribution in [0.25, 0.3) is 20.7 Å². The average molecular weight is 359 g/mol. The van der Waals surface area contributed by atoms with E-state index in [9.17, 15) is 0 Å². The molecule has 3 nitrogen and oxygen atoms in total. The Morgan fingerprint density at radius 3 is 2.54 bits per heavy atom. The van der Waals surface area contributed by atoms with E-state index in [4.69, 9.17) is 0 Å². The van der Waals surface area contributed by atoms with Gasteiger partial charge in [-0.15, -0.1) is 11.3 Å². The van der Waals surface area contributed by atoms with Crippen molar-refractivity contribution in [2.24, 2.45) is 0 Å². The molecule has 0 bridgehead atoms. The van der Waals surface area contributed by atoms with Crippen molar-refractivity contribution in [2.45, 2.75) is 13.5 Å². The van der Waals surface area contributed by atoms with Crippen LogP contribution in [-0.2, 0) is 6.54 Å². The van der Waals surface area contributed by atoms with Crippen molar-refractivity contribution in [3.63, 3.8) is 0 Å². The summed E-state index contributed by atoms with van der Waals surface area (Å²) in [6.07, 6.45) is 1.86. The number of pyridine rings is 1. The Balaban J connectivity index is 1.64. The monoisotopic (exact) mass is 359 g/mol. The number of aromatic nitrogens is 1. The standard InChI is InChI=1S/C22H21N3S/c1-2-23-15-16-8-10-17(11-9-16)21-14-20-22(26-21)19(12-13-24-20)25-18-6-4-3-5-7-18/h3-14,23H,2,15H2,1H3,(H,24,25). The van der Waals surface area contributed by atoms with Crippen LogP contribution >= 0.6 is 11.3 Å². The second-order valence-electron chi connectivity index (χ2n) is 6.15. The normalized spacial score (nSPS) is 11.0. The van der Waals surface area contributed by atoms with Crippen LogP contribution in [0.3, 0.4) is 0 Å². The number of hydrogen-bond donors (Lipinski definition) is 2. The molecule has 26 heavy (non-hydrogen) atoms. The second kappa shape index (κ2) is 7.68. The van der Waals surface area contributed by atoms with E-state index in [0.717, 1.165) is 30.0 Å². The van der Waals surface area contributed by atoms with Gasteiger partial charge in [0.05, 0.1) is 15.9 Å². The minimum absolute atomic E-state index is 0.913. The van der Waals surface area contributed by atoms with Gasteiger partial charge in [-0.3, -0.25) is 4.98 Å². The van der Waals surface area contributed by atoms with E-state index in [2.05, 4.69) is 65.0 Å². The number of anilines is 2. The van der Waals surface area contributed by atoms with Gasteiger partial charge >= 0.3 is 0 Å². The fourth-order valence-electron chi connectivity index (χ4n) is 2.91. The highest BCUT2D eigenvalue weighted by Gasteiger charge is 2.09. The first kappa shape index (κ1) is 16.8. The lowest BCUT2D eigenvalue weighted by Crippen LogP contribution is -2.11. The van der Waals surface area contributed by atoms with Gasteiger partial charge in [-0.05, 0) is 41.9 Å². The lowest BCUT2D eigenvalue weighted by molar-refractivity contribution is 0.727. The summed E-state index contributed by atoms with van der Waals surface area (Å²) in [5.74, 6) is 0. The maximum Gasteiger partial charge on any atom is 0.0837 e. The number of nitrogens with zero attached hydrogens (tertiary/aromatic N) is 1. The number of benzene rings is 2. The first-order chi connectivity index (χ1) is 12.8. The summed E-state index contributed by atoms with van der Waals surface area (Å²) >= 11 is 1.78. The third-order valence-electron chi connectivity index (χ3n) is 4.28. The second-order valence-corrected chi connectivity index (χ2v) is 7.20. The first-order valence-corrected chi connectivity index (χ1v) is 9.66. The highest BCUT2D eigenvalue weighted by molar-refractivity contribution is 7.22. The summed E-state index contributed by atoms with van der Waals surface area (Å²) < 4.78 is 1.18. The highest BCUT2D eigenvalue weighted by atomic mass is 32.1. The third-order valence-corrected chi connectivity index (χ3v) is 5.49. The molecule has 0 saturated carbocycles. The number of rotatable bonds is 6. The summed E-state index contributed by atoms with van der Waals surface area (Å²) in [5.41, 5.74) is 5.76. The van der Waals surface area contributed by atoms with Crippen molar-refractivity contribution in [2.75, 3.05) is 11.9 Å². The van der Waals surface area contributed by atoms with Crippen LogP contribution in [0.4, 0.5) is 11.4 Å². The Labute approximate surface area is 157 Å². The molecule has 0 aliphatic rings. The Hall–Kier alpha value is -2.69. The van der Waals surface area contributed by atoms with Crippen LogP contribution in [0, 0.1) is 0 Å². The Morgan fingerprint density at radius 1 is 0.962 bits per heavy atom. The summed E-state index contributed by atoms with van der Waals surface area (Å²) in [5, 5.41) is 6.87. The fraction of sp³-hybridized carbons (Fsp3) is 0.136. The predicted molar refractivity (Wildman–Crippen MR) is 112 cm³/mol. The third kappa shape index (κ3) is 3.62. The van der Waals surface area contributed by atoms with E-state index in [-0.39, 0.29) is 0 Å². The molecule has 0 spiro atoms. The maximum atomic E-state index is 4.55. The van der Waals surface area contributed by atoms with Crippen molar-refractivity contribution in [3.8, 4) is 10.4 Å². The molecular formula is C22H21N3S. The van der Waals surface area contributed by atoms with Gasteiger partial charge in [-0.2, -0.15) is 0 Å². The smallest absolute Gasteiger partial charge is 0.0837 e. The van der Waals surface area contributed by atoms with Crippen molar-refractivity contribution in [1.82, 2.24) is 10.3 Å². The molecule has 2 aromatic heterocycles. The van der Waals surface area contributed by atoms with Gasteiger partial charge in [0.1, 0.15) is 0 Å². The summed E-state index contributed by atoms with van der Waals surface area (Å²) in [7, 11) is 0. The van der Waals surface area contributed by atoms with Crippen molar-refractivity contribution < 1.29 is 0 Å². The fourth-order valence-corrected chi connectivity index (χ4v) is 4.00. The molecule has 2 N–H and O–H groups in total. The minimum Gasteiger partial charge on any atom is -0.354 e. The molecule has 2 heterocycles. The minimum atomic E-state index is 0.913. The summed E-state index contributed by atoms with van der Waals surface area (Å²) in [6.45, 7) is 4.02. The van der Waals surface area contributed by atoms with Crippen LogP contribution in [0.1, 0.15) is 12.5 Å². The van der Waals surface area contributed by atoms with Gasteiger partial charge in [-0.25, -0.2) is 0 Å². The molecule has 0 amide bonds. The van der Waals surface area contributed by atoms with Gasteiger partial charge in [0, 0.05) is 23.3 Å². The van der Waals surface area contributed by atoms with E-state index in [1.54, 1.807) is 11.3 Å². The zero-order chi connectivity index (χ0) is 17.8. The van der Waals surface area contributed by atoms with E-state index in [0.29, 0.717) is 0 Å². The lowest BCUT2D eigenvalue weighted by atomic mass is 10.1. The van der Waals surface area contributed by atoms with Crippen molar-refractivity contribution in [1.29, 1.82) is 0 Å². The number of nitrogens with one attached hydrogen (secondary N) is 2. The van der Waals surface area contributed by atoms with Gasteiger partial charge in [0.25, 0.3) is 0 Å². The topological polar surface area (TPSA) is 37.0 Å². The van der Waals surface area contributed by atoms with Crippen molar-refractivity contribution >= 4 is 32.9 Å². The molecule has 2 aromatic carbocycles. The SMILES string of the molecule is CCNCc1ccc(-c2cc3nccc(Nc4ccccc4)c3s2)cc1. The van der Waals surface area contributed by atoms with Gasteiger partial charge < -0.3 is 10.6 Å². The summed E-state index contributed by atoms with van der Waals surface area (Å²) in [6, 6.07) is 23.2. The number of para-hydroxylation sites is 1. The van der Waals surface area contributed by atoms with E-state index >= 15 is 0 Å². The number of fused-ring (bicyclic) bond motifs is 1. The van der Waals surface area contributed by atoms with Crippen molar-refractivity contribution in [3.05, 3.63) is 78.5 Å². The molecule has 4 rings (SSSR count). The van der Waals surface area contributed by atoms with Gasteiger partial charge in [0.2, 0.25) is 0 Å². The predicted octanol–water partition coefficient (Wildman–Crippen LogP) is 5.82. The molecular weight excluding hydrogens is 338 g/mol. The van der Waals surface area contributed by atoms with Gasteiger partial charge in [0.15, 0.2) is 0 Å². The maximum absolute atomic E-state index is 4.55. The largest absolute Gasteiger partial charge is 0.354 e. The first-order valence-electron chi connectivity index (χ1n) is 8.84. The Kier molecular flexibility index (Phi) is 4.95. The van der Waals surface area contributed by atoms with E-state index in [1.165, 1.54) is 20.7 Å². The summed E-state index contributed by atoms with van der Waals surface area (Å²) in [4.78, 5) is 5.79. The Morgan fingerprint density at radius 2 is 1.77 bits per heavy atom. The van der Waals surface area contributed by atoms with Crippen LogP contribution in [0.2, 0.25) is 0 Å². The molecule has 130 valence electrons. The highest BCUT2D eigenvalue weighted by Crippen LogP contribution is 2.37. The molecule has 0 saturated heterocycles. The van der Waals surface area contributed by atoms with Crippen LogP contribution < -0.4 is 10.6 Å². The number of thiophene rings is 1. The van der Waals surface area contributed by atoms with E-state index < -0.39 is 0 Å². The quantitative estimate of drug-likeness (QED) is 0.456. The molecule has 0 fully saturated rings. The zero-order valence-corrected chi connectivity index (χ0v) is 15.5. The molecule has 0 unspecified atom stereocenters. The van der Waals surface area contributed by atoms with E-state index in [1.807, 2.05) is 30.5 Å². The molecule has 0 aliphatic heterocycles. The molecule has 4 heteroatoms. The van der Waals surface area contributed by atoms with Gasteiger partial charge in [-0.1, -0.05) is 49.4 Å². The molecule has 0 radical (unpaired) electrons. The van der Waals surface area contributed by atoms with Crippen LogP contribution in [-0.4, -0.2) is 11.5 Å².